The van der Waals surface area contributed by atoms with Gasteiger partial charge < -0.3 is 10.1 Å². The Labute approximate surface area is 140 Å². The molecule has 0 aliphatic heterocycles. The first-order valence-corrected chi connectivity index (χ1v) is 8.79. The zero-order valence-corrected chi connectivity index (χ0v) is 14.5. The number of hydrogen-bond donors (Lipinski definition) is 1. The number of para-hydroxylation sites is 1. The summed E-state index contributed by atoms with van der Waals surface area (Å²) in [6.45, 7) is 4.65. The van der Waals surface area contributed by atoms with E-state index in [-0.39, 0.29) is 5.91 Å². The number of nitrogens with one attached hydrogen (secondary N) is 1. The molecule has 0 bridgehead atoms. The highest BCUT2D eigenvalue weighted by Gasteiger charge is 2.14. The van der Waals surface area contributed by atoms with Crippen molar-refractivity contribution in [3.05, 3.63) is 29.8 Å². The van der Waals surface area contributed by atoms with Crippen LogP contribution in [0.4, 0.5) is 0 Å². The maximum Gasteiger partial charge on any atom is 0.234 e. The van der Waals surface area contributed by atoms with Crippen molar-refractivity contribution in [2.24, 2.45) is 5.92 Å². The number of nitrogens with zero attached hydrogens (tertiary/aromatic N) is 1. The molecular weight excluding hydrogens is 288 g/mol. The molecule has 0 radical (unpaired) electrons. The molecule has 1 N–H and O–H groups in total. The third-order valence-corrected chi connectivity index (χ3v) is 4.55. The van der Waals surface area contributed by atoms with Crippen LogP contribution in [0, 0.1) is 12.8 Å². The minimum absolute atomic E-state index is 0.119. The molecule has 0 saturated heterocycles. The van der Waals surface area contributed by atoms with E-state index in [2.05, 4.69) is 5.32 Å². The average Bonchev–Trinajstić information content (AvgIpc) is 2.56. The van der Waals surface area contributed by atoms with Crippen molar-refractivity contribution in [3.63, 3.8) is 0 Å². The number of hydrogen-bond acceptors (Lipinski definition) is 3. The van der Waals surface area contributed by atoms with E-state index < -0.39 is 0 Å². The van der Waals surface area contributed by atoms with Crippen LogP contribution in [0.5, 0.6) is 5.75 Å². The van der Waals surface area contributed by atoms with E-state index in [1.165, 1.54) is 32.1 Å². The first-order chi connectivity index (χ1) is 11.1. The highest BCUT2D eigenvalue weighted by molar-refractivity contribution is 5.77. The quantitative estimate of drug-likeness (QED) is 0.801. The van der Waals surface area contributed by atoms with E-state index in [4.69, 9.17) is 4.74 Å². The van der Waals surface area contributed by atoms with Gasteiger partial charge >= 0.3 is 0 Å². The van der Waals surface area contributed by atoms with Crippen molar-refractivity contribution in [3.8, 4) is 5.75 Å². The number of ether oxygens (including phenoxy) is 1. The number of carbonyl (C=O) groups excluding carboxylic acids is 1. The van der Waals surface area contributed by atoms with Gasteiger partial charge in [-0.15, -0.1) is 0 Å². The van der Waals surface area contributed by atoms with Crippen LogP contribution in [0.15, 0.2) is 24.3 Å². The van der Waals surface area contributed by atoms with Crippen molar-refractivity contribution >= 4 is 5.91 Å². The SMILES string of the molecule is Cc1ccccc1OCCN(C)CC(=O)NCC1CCCCC1. The van der Waals surface area contributed by atoms with Gasteiger partial charge in [-0.2, -0.15) is 0 Å². The summed E-state index contributed by atoms with van der Waals surface area (Å²) < 4.78 is 5.77. The first-order valence-electron chi connectivity index (χ1n) is 8.79. The van der Waals surface area contributed by atoms with Gasteiger partial charge in [-0.05, 0) is 44.4 Å². The third kappa shape index (κ3) is 6.61. The Morgan fingerprint density at radius 3 is 2.74 bits per heavy atom. The van der Waals surface area contributed by atoms with Crippen LogP contribution in [0.3, 0.4) is 0 Å². The summed E-state index contributed by atoms with van der Waals surface area (Å²) in [6, 6.07) is 8.00. The van der Waals surface area contributed by atoms with Gasteiger partial charge in [-0.3, -0.25) is 9.69 Å². The Bertz CT molecular complexity index is 484. The highest BCUT2D eigenvalue weighted by Crippen LogP contribution is 2.22. The largest absolute Gasteiger partial charge is 0.492 e. The number of likely N-dealkylation sites (N-methyl/N-ethyl adjacent to an activating group) is 1. The molecule has 0 unspecified atom stereocenters. The zero-order valence-electron chi connectivity index (χ0n) is 14.5. The molecule has 23 heavy (non-hydrogen) atoms. The lowest BCUT2D eigenvalue weighted by Crippen LogP contribution is -2.39. The second kappa shape index (κ2) is 9.56. The normalized spacial score (nSPS) is 15.6. The van der Waals surface area contributed by atoms with E-state index in [0.29, 0.717) is 19.1 Å². The van der Waals surface area contributed by atoms with Crippen molar-refractivity contribution in [1.29, 1.82) is 0 Å². The van der Waals surface area contributed by atoms with Crippen LogP contribution in [-0.4, -0.2) is 44.1 Å². The van der Waals surface area contributed by atoms with Gasteiger partial charge in [0.2, 0.25) is 5.91 Å². The molecule has 0 heterocycles. The molecule has 1 aliphatic carbocycles. The van der Waals surface area contributed by atoms with Crippen molar-refractivity contribution in [2.45, 2.75) is 39.0 Å². The Kier molecular flexibility index (Phi) is 7.40. The van der Waals surface area contributed by atoms with Gasteiger partial charge in [0.1, 0.15) is 12.4 Å². The van der Waals surface area contributed by atoms with Crippen molar-refractivity contribution in [2.75, 3.05) is 33.3 Å². The molecule has 1 saturated carbocycles. The summed E-state index contributed by atoms with van der Waals surface area (Å²) >= 11 is 0. The molecule has 0 atom stereocenters. The van der Waals surface area contributed by atoms with Crippen LogP contribution in [-0.2, 0) is 4.79 Å². The van der Waals surface area contributed by atoms with E-state index >= 15 is 0 Å². The maximum absolute atomic E-state index is 12.0. The number of aryl methyl sites for hydroxylation is 1. The van der Waals surface area contributed by atoms with Crippen molar-refractivity contribution < 1.29 is 9.53 Å². The number of carbonyl (C=O) groups is 1. The summed E-state index contributed by atoms with van der Waals surface area (Å²) in [5.41, 5.74) is 1.14. The summed E-state index contributed by atoms with van der Waals surface area (Å²) in [5, 5.41) is 3.08. The fourth-order valence-electron chi connectivity index (χ4n) is 3.06. The summed E-state index contributed by atoms with van der Waals surface area (Å²) in [7, 11) is 1.96. The highest BCUT2D eigenvalue weighted by atomic mass is 16.5. The van der Waals surface area contributed by atoms with Gasteiger partial charge in [0.25, 0.3) is 0 Å². The lowest BCUT2D eigenvalue weighted by atomic mass is 9.89. The Balaban J connectivity index is 1.59. The molecule has 0 aromatic heterocycles. The van der Waals surface area contributed by atoms with E-state index in [0.717, 1.165) is 24.4 Å². The topological polar surface area (TPSA) is 41.6 Å². The van der Waals surface area contributed by atoms with E-state index in [1.54, 1.807) is 0 Å². The second-order valence-electron chi connectivity index (χ2n) is 6.66. The third-order valence-electron chi connectivity index (χ3n) is 4.55. The molecule has 128 valence electrons. The van der Waals surface area contributed by atoms with Crippen molar-refractivity contribution in [1.82, 2.24) is 10.2 Å². The molecule has 4 heteroatoms. The average molecular weight is 318 g/mol. The Hall–Kier alpha value is -1.55. The predicted octanol–water partition coefficient (Wildman–Crippen LogP) is 3.00. The number of benzene rings is 1. The minimum Gasteiger partial charge on any atom is -0.492 e. The van der Waals surface area contributed by atoms with Gasteiger partial charge in [0.15, 0.2) is 0 Å². The molecule has 1 aromatic rings. The summed E-state index contributed by atoms with van der Waals surface area (Å²) in [5.74, 6) is 1.72. The second-order valence-corrected chi connectivity index (χ2v) is 6.66. The number of amides is 1. The van der Waals surface area contributed by atoms with Crippen LogP contribution >= 0.6 is 0 Å². The van der Waals surface area contributed by atoms with Gasteiger partial charge in [0, 0.05) is 13.1 Å². The lowest BCUT2D eigenvalue weighted by molar-refractivity contribution is -0.122. The monoisotopic (exact) mass is 318 g/mol. The summed E-state index contributed by atoms with van der Waals surface area (Å²) in [4.78, 5) is 14.0. The van der Waals surface area contributed by atoms with Gasteiger partial charge in [-0.25, -0.2) is 0 Å². The van der Waals surface area contributed by atoms with Gasteiger partial charge in [-0.1, -0.05) is 37.5 Å². The molecule has 0 spiro atoms. The molecular formula is C19H30N2O2. The van der Waals surface area contributed by atoms with Gasteiger partial charge in [0.05, 0.1) is 6.54 Å². The Morgan fingerprint density at radius 1 is 1.26 bits per heavy atom. The zero-order chi connectivity index (χ0) is 16.5. The van der Waals surface area contributed by atoms with Crippen LogP contribution < -0.4 is 10.1 Å². The lowest BCUT2D eigenvalue weighted by Gasteiger charge is -2.22. The molecule has 1 amide bonds. The Morgan fingerprint density at radius 2 is 2.00 bits per heavy atom. The van der Waals surface area contributed by atoms with E-state index in [9.17, 15) is 4.79 Å². The summed E-state index contributed by atoms with van der Waals surface area (Å²) in [6.07, 6.45) is 6.52. The number of rotatable bonds is 8. The molecule has 1 aromatic carbocycles. The van der Waals surface area contributed by atoms with Crippen LogP contribution in [0.1, 0.15) is 37.7 Å². The molecule has 1 aliphatic rings. The van der Waals surface area contributed by atoms with Crippen LogP contribution in [0.2, 0.25) is 0 Å². The molecule has 4 nitrogen and oxygen atoms in total. The maximum atomic E-state index is 12.0. The van der Waals surface area contributed by atoms with E-state index in [1.807, 2.05) is 43.1 Å². The smallest absolute Gasteiger partial charge is 0.234 e. The van der Waals surface area contributed by atoms with Crippen LogP contribution in [0.25, 0.3) is 0 Å². The fourth-order valence-corrected chi connectivity index (χ4v) is 3.06. The minimum atomic E-state index is 0.119. The fraction of sp³-hybridized carbons (Fsp3) is 0.632. The standard InChI is InChI=1S/C19H30N2O2/c1-16-8-6-7-11-18(16)23-13-12-21(2)15-19(22)20-14-17-9-4-3-5-10-17/h6-8,11,17H,3-5,9-10,12-15H2,1-2H3,(H,20,22). The first kappa shape index (κ1) is 17.8. The predicted molar refractivity (Wildman–Crippen MR) is 93.8 cm³/mol. The molecule has 1 fully saturated rings. The molecule has 2 rings (SSSR count).